The molecule has 1 aliphatic heterocycles. The Bertz CT molecular complexity index is 755. The Labute approximate surface area is 141 Å². The van der Waals surface area contributed by atoms with Gasteiger partial charge in [0.05, 0.1) is 5.56 Å². The molecular weight excluding hydrogens is 304 g/mol. The smallest absolute Gasteiger partial charge is 0.340 e. The van der Waals surface area contributed by atoms with Crippen LogP contribution in [0.1, 0.15) is 35.0 Å². The van der Waals surface area contributed by atoms with Gasteiger partial charge in [-0.1, -0.05) is 18.2 Å². The Morgan fingerprint density at radius 2 is 2.04 bits per heavy atom. The zero-order valence-corrected chi connectivity index (χ0v) is 13.9. The molecule has 1 unspecified atom stereocenters. The summed E-state index contributed by atoms with van der Waals surface area (Å²) >= 11 is 0. The maximum absolute atomic E-state index is 12.6. The predicted octanol–water partition coefficient (Wildman–Crippen LogP) is 2.91. The number of hydrogen-bond donors (Lipinski definition) is 0. The minimum absolute atomic E-state index is 0.0899. The van der Waals surface area contributed by atoms with Crippen LogP contribution in [0.5, 0.6) is 0 Å². The molecule has 0 fully saturated rings. The van der Waals surface area contributed by atoms with Crippen molar-refractivity contribution in [1.29, 1.82) is 0 Å². The van der Waals surface area contributed by atoms with Gasteiger partial charge in [0.2, 0.25) is 0 Å². The Morgan fingerprint density at radius 3 is 2.79 bits per heavy atom. The molecule has 0 saturated heterocycles. The third-order valence-corrected chi connectivity index (χ3v) is 4.27. The Morgan fingerprint density at radius 1 is 1.25 bits per heavy atom. The van der Waals surface area contributed by atoms with Crippen LogP contribution in [0, 0.1) is 6.92 Å². The van der Waals surface area contributed by atoms with Gasteiger partial charge in [-0.15, -0.1) is 0 Å². The lowest BCUT2D eigenvalue weighted by Crippen LogP contribution is -2.44. The lowest BCUT2D eigenvalue weighted by Gasteiger charge is -2.35. The van der Waals surface area contributed by atoms with E-state index in [-0.39, 0.29) is 18.6 Å². The van der Waals surface area contributed by atoms with Gasteiger partial charge < -0.3 is 9.64 Å². The first-order valence-corrected chi connectivity index (χ1v) is 8.06. The molecule has 0 spiro atoms. The number of aromatic nitrogens is 1. The minimum atomic E-state index is -0.534. The number of pyridine rings is 1. The summed E-state index contributed by atoms with van der Waals surface area (Å²) in [6.45, 7) is 3.58. The molecule has 0 N–H and O–H groups in total. The van der Waals surface area contributed by atoms with Gasteiger partial charge in [0.15, 0.2) is 6.61 Å². The molecule has 1 atom stereocenters. The largest absolute Gasteiger partial charge is 0.452 e. The van der Waals surface area contributed by atoms with E-state index < -0.39 is 5.97 Å². The molecule has 1 aromatic carbocycles. The van der Waals surface area contributed by atoms with Crippen LogP contribution in [0.15, 0.2) is 42.6 Å². The summed E-state index contributed by atoms with van der Waals surface area (Å²) in [6.07, 6.45) is 3.31. The Kier molecular flexibility index (Phi) is 4.60. The summed E-state index contributed by atoms with van der Waals surface area (Å²) in [7, 11) is 0. The molecule has 0 radical (unpaired) electrons. The second-order valence-corrected chi connectivity index (χ2v) is 6.04. The van der Waals surface area contributed by atoms with E-state index in [0.29, 0.717) is 5.56 Å². The van der Waals surface area contributed by atoms with E-state index in [1.165, 1.54) is 6.20 Å². The Hall–Kier alpha value is -2.69. The zero-order chi connectivity index (χ0) is 17.1. The second kappa shape index (κ2) is 6.83. The van der Waals surface area contributed by atoms with Gasteiger partial charge >= 0.3 is 5.97 Å². The zero-order valence-electron chi connectivity index (χ0n) is 13.9. The van der Waals surface area contributed by atoms with Gasteiger partial charge in [-0.05, 0) is 50.5 Å². The molecule has 1 amide bonds. The summed E-state index contributed by atoms with van der Waals surface area (Å²) in [5, 5.41) is 0. The number of nitrogens with zero attached hydrogens (tertiary/aromatic N) is 2. The number of esters is 1. The van der Waals surface area contributed by atoms with Crippen molar-refractivity contribution in [2.75, 3.05) is 11.5 Å². The molecular formula is C19H20N2O3. The van der Waals surface area contributed by atoms with E-state index in [1.54, 1.807) is 17.0 Å². The average Bonchev–Trinajstić information content (AvgIpc) is 2.60. The molecule has 1 aromatic heterocycles. The van der Waals surface area contributed by atoms with Crippen LogP contribution in [-0.2, 0) is 16.0 Å². The molecule has 2 heterocycles. The molecule has 0 aliphatic carbocycles. The molecule has 0 bridgehead atoms. The average molecular weight is 324 g/mol. The summed E-state index contributed by atoms with van der Waals surface area (Å²) < 4.78 is 5.18. The third-order valence-electron chi connectivity index (χ3n) is 4.27. The van der Waals surface area contributed by atoms with Crippen LogP contribution in [0.25, 0.3) is 0 Å². The maximum Gasteiger partial charge on any atom is 0.340 e. The number of anilines is 1. The number of benzene rings is 1. The quantitative estimate of drug-likeness (QED) is 0.815. The van der Waals surface area contributed by atoms with Crippen molar-refractivity contribution in [3.05, 3.63) is 59.4 Å². The predicted molar refractivity (Wildman–Crippen MR) is 91.0 cm³/mol. The van der Waals surface area contributed by atoms with Crippen LogP contribution >= 0.6 is 0 Å². The number of carbonyl (C=O) groups is 2. The highest BCUT2D eigenvalue weighted by atomic mass is 16.5. The summed E-state index contributed by atoms with van der Waals surface area (Å²) in [4.78, 5) is 30.4. The lowest BCUT2D eigenvalue weighted by molar-refractivity contribution is -0.122. The topological polar surface area (TPSA) is 59.5 Å². The van der Waals surface area contributed by atoms with E-state index in [2.05, 4.69) is 4.98 Å². The standard InChI is InChI=1S/C19H20N2O3/c1-13-7-9-16(11-20-13)19(23)24-12-18(22)21-14(2)8-10-15-5-3-4-6-17(15)21/h3-7,9,11,14H,8,10,12H2,1-2H3. The van der Waals surface area contributed by atoms with Crippen LogP contribution in [0.4, 0.5) is 5.69 Å². The van der Waals surface area contributed by atoms with Crippen molar-refractivity contribution >= 4 is 17.6 Å². The molecule has 1 aliphatic rings. The normalized spacial score (nSPS) is 16.4. The molecule has 5 heteroatoms. The molecule has 24 heavy (non-hydrogen) atoms. The van der Waals surface area contributed by atoms with E-state index in [0.717, 1.165) is 29.8 Å². The highest BCUT2D eigenvalue weighted by molar-refractivity contribution is 5.98. The number of rotatable bonds is 3. The van der Waals surface area contributed by atoms with Crippen molar-refractivity contribution < 1.29 is 14.3 Å². The van der Waals surface area contributed by atoms with E-state index in [4.69, 9.17) is 4.74 Å². The van der Waals surface area contributed by atoms with Gasteiger partial charge in [0.25, 0.3) is 5.91 Å². The molecule has 0 saturated carbocycles. The minimum Gasteiger partial charge on any atom is -0.452 e. The van der Waals surface area contributed by atoms with Crippen molar-refractivity contribution in [2.24, 2.45) is 0 Å². The number of aryl methyl sites for hydroxylation is 2. The first-order chi connectivity index (χ1) is 11.6. The van der Waals surface area contributed by atoms with E-state index in [9.17, 15) is 9.59 Å². The molecule has 3 rings (SSSR count). The van der Waals surface area contributed by atoms with E-state index in [1.807, 2.05) is 38.1 Å². The Balaban J connectivity index is 1.69. The first-order valence-electron chi connectivity index (χ1n) is 8.06. The van der Waals surface area contributed by atoms with Crippen LogP contribution in [0.2, 0.25) is 0 Å². The fourth-order valence-electron chi connectivity index (χ4n) is 2.94. The maximum atomic E-state index is 12.6. The first kappa shape index (κ1) is 16.2. The second-order valence-electron chi connectivity index (χ2n) is 6.04. The number of carbonyl (C=O) groups excluding carboxylic acids is 2. The van der Waals surface area contributed by atoms with Gasteiger partial charge in [-0.2, -0.15) is 0 Å². The van der Waals surface area contributed by atoms with Crippen molar-refractivity contribution in [1.82, 2.24) is 4.98 Å². The van der Waals surface area contributed by atoms with Crippen molar-refractivity contribution in [3.8, 4) is 0 Å². The van der Waals surface area contributed by atoms with Crippen LogP contribution < -0.4 is 4.90 Å². The lowest BCUT2D eigenvalue weighted by atomic mass is 9.96. The number of ether oxygens (including phenoxy) is 1. The van der Waals surface area contributed by atoms with Gasteiger partial charge in [0.1, 0.15) is 0 Å². The number of fused-ring (bicyclic) bond motifs is 1. The highest BCUT2D eigenvalue weighted by Gasteiger charge is 2.28. The fourth-order valence-corrected chi connectivity index (χ4v) is 2.94. The summed E-state index contributed by atoms with van der Waals surface area (Å²) in [6, 6.07) is 11.3. The SMILES string of the molecule is Cc1ccc(C(=O)OCC(=O)N2c3ccccc3CCC2C)cn1. The van der Waals surface area contributed by atoms with E-state index >= 15 is 0 Å². The summed E-state index contributed by atoms with van der Waals surface area (Å²) in [5.41, 5.74) is 3.23. The van der Waals surface area contributed by atoms with Gasteiger partial charge in [-0.25, -0.2) is 4.79 Å². The van der Waals surface area contributed by atoms with Crippen molar-refractivity contribution in [2.45, 2.75) is 32.7 Å². The molecule has 124 valence electrons. The van der Waals surface area contributed by atoms with Gasteiger partial charge in [0, 0.05) is 23.6 Å². The monoisotopic (exact) mass is 324 g/mol. The van der Waals surface area contributed by atoms with Crippen LogP contribution in [-0.4, -0.2) is 29.5 Å². The fraction of sp³-hybridized carbons (Fsp3) is 0.316. The van der Waals surface area contributed by atoms with Gasteiger partial charge in [-0.3, -0.25) is 9.78 Å². The highest BCUT2D eigenvalue weighted by Crippen LogP contribution is 2.30. The van der Waals surface area contributed by atoms with Crippen LogP contribution in [0.3, 0.4) is 0 Å². The number of hydrogen-bond acceptors (Lipinski definition) is 4. The number of para-hydroxylation sites is 1. The third kappa shape index (κ3) is 3.30. The molecule has 5 nitrogen and oxygen atoms in total. The van der Waals surface area contributed by atoms with Crippen molar-refractivity contribution in [3.63, 3.8) is 0 Å². The summed E-state index contributed by atoms with van der Waals surface area (Å²) in [5.74, 6) is -0.739. The molecule has 2 aromatic rings. The number of amides is 1.